The normalized spacial score (nSPS) is 22.5. The first-order valence-electron chi connectivity index (χ1n) is 14.8. The summed E-state index contributed by atoms with van der Waals surface area (Å²) in [7, 11) is 0. The van der Waals surface area contributed by atoms with E-state index in [2.05, 4.69) is 65.0 Å². The van der Waals surface area contributed by atoms with Crippen molar-refractivity contribution in [1.82, 2.24) is 5.32 Å². The minimum atomic E-state index is -0.448. The first-order valence-corrected chi connectivity index (χ1v) is 14.8. The maximum Gasteiger partial charge on any atom is 0.251 e. The number of rotatable bonds is 8. The van der Waals surface area contributed by atoms with Crippen LogP contribution in [0.4, 0.5) is 5.69 Å². The molecule has 0 aromatic heterocycles. The Labute approximate surface area is 241 Å². The number of nitrogens with zero attached hydrogens (tertiary/aromatic N) is 2. The highest BCUT2D eigenvalue weighted by Gasteiger charge is 2.34. The molecule has 7 rings (SSSR count). The number of carbonyl (C=O) groups is 1. The van der Waals surface area contributed by atoms with Gasteiger partial charge in [-0.3, -0.25) is 4.79 Å². The van der Waals surface area contributed by atoms with Gasteiger partial charge in [-0.2, -0.15) is 5.10 Å². The number of aryl methyl sites for hydroxylation is 1. The van der Waals surface area contributed by atoms with Crippen molar-refractivity contribution < 1.29 is 4.79 Å². The Kier molecular flexibility index (Phi) is 6.60. The Morgan fingerprint density at radius 1 is 1.05 bits per heavy atom. The molecule has 208 valence electrons. The van der Waals surface area contributed by atoms with Crippen LogP contribution in [-0.4, -0.2) is 30.9 Å². The van der Waals surface area contributed by atoms with E-state index in [0.717, 1.165) is 47.6 Å². The second-order valence-corrected chi connectivity index (χ2v) is 12.0. The summed E-state index contributed by atoms with van der Waals surface area (Å²) in [4.78, 5) is 12.7. The van der Waals surface area contributed by atoms with Crippen LogP contribution in [0.25, 0.3) is 11.6 Å². The molecule has 1 heterocycles. The Morgan fingerprint density at radius 2 is 1.88 bits per heavy atom. The first kappa shape index (κ1) is 25.9. The molecular formula is C35H37N5O. The van der Waals surface area contributed by atoms with Crippen LogP contribution in [0.5, 0.6) is 0 Å². The van der Waals surface area contributed by atoms with Crippen molar-refractivity contribution in [2.24, 2.45) is 22.5 Å². The van der Waals surface area contributed by atoms with Crippen molar-refractivity contribution in [3.05, 3.63) is 111 Å². The van der Waals surface area contributed by atoms with E-state index in [1.165, 1.54) is 40.7 Å². The van der Waals surface area contributed by atoms with Gasteiger partial charge in [-0.1, -0.05) is 54.6 Å². The monoisotopic (exact) mass is 543 g/mol. The Balaban J connectivity index is 1.16. The molecule has 6 heteroatoms. The highest BCUT2D eigenvalue weighted by Crippen LogP contribution is 2.50. The van der Waals surface area contributed by atoms with Crippen molar-refractivity contribution in [2.45, 2.75) is 57.2 Å². The van der Waals surface area contributed by atoms with Crippen LogP contribution in [0, 0.1) is 12.8 Å². The fraction of sp³-hybridized carbons (Fsp3) is 0.314. The lowest BCUT2D eigenvalue weighted by atomic mass is 9.87. The van der Waals surface area contributed by atoms with Gasteiger partial charge in [0.05, 0.1) is 11.9 Å². The van der Waals surface area contributed by atoms with Crippen molar-refractivity contribution in [3.63, 3.8) is 0 Å². The van der Waals surface area contributed by atoms with Crippen molar-refractivity contribution in [3.8, 4) is 0 Å². The Morgan fingerprint density at radius 3 is 2.66 bits per heavy atom. The number of amides is 1. The summed E-state index contributed by atoms with van der Waals surface area (Å²) in [5.74, 6) is 0.938. The molecule has 2 atom stereocenters. The summed E-state index contributed by atoms with van der Waals surface area (Å²) in [6, 6.07) is 23.6. The van der Waals surface area contributed by atoms with E-state index in [0.29, 0.717) is 18.2 Å². The molecule has 2 saturated carbocycles. The molecule has 2 fully saturated rings. The zero-order valence-corrected chi connectivity index (χ0v) is 23.5. The van der Waals surface area contributed by atoms with Gasteiger partial charge in [0, 0.05) is 29.6 Å². The molecule has 1 aliphatic heterocycles. The number of anilines is 1. The fourth-order valence-electron chi connectivity index (χ4n) is 6.30. The van der Waals surface area contributed by atoms with Gasteiger partial charge in [0.15, 0.2) is 0 Å². The van der Waals surface area contributed by atoms with Crippen LogP contribution in [0.1, 0.15) is 76.2 Å². The lowest BCUT2D eigenvalue weighted by molar-refractivity contribution is 0.0951. The highest BCUT2D eigenvalue weighted by molar-refractivity contribution is 5.97. The third-order valence-corrected chi connectivity index (χ3v) is 8.89. The quantitative estimate of drug-likeness (QED) is 0.339. The van der Waals surface area contributed by atoms with Gasteiger partial charge < -0.3 is 16.8 Å². The number of benzene rings is 3. The van der Waals surface area contributed by atoms with Crippen molar-refractivity contribution >= 4 is 29.5 Å². The fourth-order valence-corrected chi connectivity index (χ4v) is 6.30. The molecule has 2 unspecified atom stereocenters. The van der Waals surface area contributed by atoms with Crippen LogP contribution in [0.15, 0.2) is 83.0 Å². The molecule has 4 aliphatic rings. The minimum absolute atomic E-state index is 0.0437. The largest absolute Gasteiger partial charge is 0.349 e. The van der Waals surface area contributed by atoms with Gasteiger partial charge in [0.2, 0.25) is 0 Å². The van der Waals surface area contributed by atoms with E-state index >= 15 is 0 Å². The smallest absolute Gasteiger partial charge is 0.251 e. The Hall–Kier alpha value is -4.00. The maximum absolute atomic E-state index is 12.7. The van der Waals surface area contributed by atoms with Gasteiger partial charge in [-0.25, -0.2) is 5.01 Å². The molecular weight excluding hydrogens is 506 g/mol. The van der Waals surface area contributed by atoms with E-state index in [9.17, 15) is 4.79 Å². The topological polar surface area (TPSA) is 96.7 Å². The average molecular weight is 544 g/mol. The third-order valence-electron chi connectivity index (χ3n) is 8.89. The standard InChI is InChI=1S/C35H37N5O/c1-21-9-12-25(35(41)39-27-13-14-27)18-32(21)40-34(37)26(20-38-40)16-23-5-4-6-24(15-23)33-29-8-3-2-7-28(29)30(31(33)19-36)17-22-10-11-22/h2-9,12,15-16,18,20,22,27,33-34H,10-11,13-14,17,19,36-37H2,1H3,(H,39,41). The predicted octanol–water partition coefficient (Wildman–Crippen LogP) is 5.72. The maximum atomic E-state index is 12.7. The SMILES string of the molecule is Cc1ccc(C(=O)NC2CC2)cc1N1N=CC(=Cc2cccc(C3C(CN)=C(CC4CC4)c4ccccc43)c2)C1N. The average Bonchev–Trinajstić information content (AvgIpc) is 3.91. The highest BCUT2D eigenvalue weighted by atomic mass is 16.1. The number of nitrogens with two attached hydrogens (primary N) is 2. The molecule has 5 N–H and O–H groups in total. The van der Waals surface area contributed by atoms with Crippen LogP contribution < -0.4 is 21.8 Å². The van der Waals surface area contributed by atoms with Gasteiger partial charge >= 0.3 is 0 Å². The summed E-state index contributed by atoms with van der Waals surface area (Å²) < 4.78 is 0. The summed E-state index contributed by atoms with van der Waals surface area (Å²) in [5.41, 5.74) is 24.5. The van der Waals surface area contributed by atoms with E-state index in [-0.39, 0.29) is 11.8 Å². The third kappa shape index (κ3) is 5.03. The van der Waals surface area contributed by atoms with E-state index in [1.54, 1.807) is 0 Å². The number of carbonyl (C=O) groups excluding carboxylic acids is 1. The van der Waals surface area contributed by atoms with E-state index < -0.39 is 6.17 Å². The summed E-state index contributed by atoms with van der Waals surface area (Å²) in [5, 5.41) is 9.54. The molecule has 0 radical (unpaired) electrons. The second kappa shape index (κ2) is 10.4. The van der Waals surface area contributed by atoms with E-state index in [1.807, 2.05) is 36.3 Å². The van der Waals surface area contributed by atoms with Crippen LogP contribution >= 0.6 is 0 Å². The number of hydrogen-bond acceptors (Lipinski definition) is 5. The van der Waals surface area contributed by atoms with Gasteiger partial charge in [0.1, 0.15) is 6.17 Å². The van der Waals surface area contributed by atoms with Crippen LogP contribution in [0.3, 0.4) is 0 Å². The number of nitrogens with one attached hydrogen (secondary N) is 1. The lowest BCUT2D eigenvalue weighted by Gasteiger charge is -2.23. The molecule has 6 nitrogen and oxygen atoms in total. The van der Waals surface area contributed by atoms with Gasteiger partial charge in [0.25, 0.3) is 5.91 Å². The van der Waals surface area contributed by atoms with Gasteiger partial charge in [-0.05, 0) is 102 Å². The van der Waals surface area contributed by atoms with Crippen molar-refractivity contribution in [2.75, 3.05) is 11.6 Å². The summed E-state index contributed by atoms with van der Waals surface area (Å²) in [6.45, 7) is 2.58. The molecule has 0 saturated heterocycles. The predicted molar refractivity (Wildman–Crippen MR) is 167 cm³/mol. The van der Waals surface area contributed by atoms with Gasteiger partial charge in [-0.15, -0.1) is 0 Å². The lowest BCUT2D eigenvalue weighted by Crippen LogP contribution is -2.36. The molecule has 0 bridgehead atoms. The number of hydrogen-bond donors (Lipinski definition) is 3. The minimum Gasteiger partial charge on any atom is -0.349 e. The first-order chi connectivity index (χ1) is 20.0. The van der Waals surface area contributed by atoms with Crippen LogP contribution in [-0.2, 0) is 0 Å². The van der Waals surface area contributed by atoms with Crippen molar-refractivity contribution in [1.29, 1.82) is 0 Å². The van der Waals surface area contributed by atoms with E-state index in [4.69, 9.17) is 11.5 Å². The zero-order valence-electron chi connectivity index (χ0n) is 23.5. The number of hydrazone groups is 1. The summed E-state index contributed by atoms with van der Waals surface area (Å²) in [6.07, 6.45) is 9.40. The number of fused-ring (bicyclic) bond motifs is 1. The number of allylic oxidation sites excluding steroid dienone is 1. The second-order valence-electron chi connectivity index (χ2n) is 12.0. The molecule has 1 amide bonds. The molecule has 3 aromatic carbocycles. The zero-order chi connectivity index (χ0) is 28.1. The molecule has 3 aromatic rings. The Bertz CT molecular complexity index is 1610. The summed E-state index contributed by atoms with van der Waals surface area (Å²) >= 11 is 0. The molecule has 0 spiro atoms. The molecule has 3 aliphatic carbocycles. The van der Waals surface area contributed by atoms with Crippen LogP contribution in [0.2, 0.25) is 0 Å². The molecule has 41 heavy (non-hydrogen) atoms.